The van der Waals surface area contributed by atoms with Gasteiger partial charge in [0.1, 0.15) is 0 Å². The lowest BCUT2D eigenvalue weighted by molar-refractivity contribution is 0.186. The molecule has 1 fully saturated rings. The molecule has 0 unspecified atom stereocenters. The first-order valence-electron chi connectivity index (χ1n) is 6.27. The van der Waals surface area contributed by atoms with Crippen LogP contribution in [0.15, 0.2) is 0 Å². The van der Waals surface area contributed by atoms with Crippen LogP contribution in [-0.2, 0) is 10.0 Å². The van der Waals surface area contributed by atoms with Gasteiger partial charge in [-0.3, -0.25) is 0 Å². The van der Waals surface area contributed by atoms with Crippen molar-refractivity contribution in [2.24, 2.45) is 0 Å². The van der Waals surface area contributed by atoms with Crippen LogP contribution in [0.2, 0.25) is 0 Å². The lowest BCUT2D eigenvalue weighted by Crippen LogP contribution is -2.48. The maximum atomic E-state index is 11.3. The van der Waals surface area contributed by atoms with E-state index in [2.05, 4.69) is 4.90 Å². The lowest BCUT2D eigenvalue weighted by atomic mass is 10.2. The van der Waals surface area contributed by atoms with Crippen molar-refractivity contribution in [3.63, 3.8) is 0 Å². The summed E-state index contributed by atoms with van der Waals surface area (Å²) >= 11 is 5.62. The quantitative estimate of drug-likeness (QED) is 0.523. The number of alkyl halides is 1. The highest BCUT2D eigenvalue weighted by atomic mass is 35.5. The van der Waals surface area contributed by atoms with Crippen molar-refractivity contribution in [1.29, 1.82) is 0 Å². The van der Waals surface area contributed by atoms with Gasteiger partial charge in [0.25, 0.3) is 0 Å². The van der Waals surface area contributed by atoms with Gasteiger partial charge in [-0.25, -0.2) is 8.42 Å². The molecule has 0 aromatic rings. The number of rotatable bonds is 7. The van der Waals surface area contributed by atoms with Gasteiger partial charge in [-0.2, -0.15) is 4.31 Å². The fraction of sp³-hybridized carbons (Fsp3) is 1.00. The Morgan fingerprint density at radius 3 is 2.12 bits per heavy atom. The molecule has 0 aliphatic carbocycles. The Bertz CT molecular complexity index is 301. The minimum absolute atomic E-state index is 0.639. The third-order valence-corrected chi connectivity index (χ3v) is 4.73. The number of unbranched alkanes of at least 4 members (excludes halogenated alkanes) is 3. The Labute approximate surface area is 110 Å². The third-order valence-electron chi connectivity index (χ3n) is 3.16. The Balaban J connectivity index is 2.11. The number of nitrogens with zero attached hydrogens (tertiary/aromatic N) is 2. The average molecular weight is 283 g/mol. The summed E-state index contributed by atoms with van der Waals surface area (Å²) in [6.07, 6.45) is 6.00. The van der Waals surface area contributed by atoms with Crippen molar-refractivity contribution >= 4 is 21.6 Å². The van der Waals surface area contributed by atoms with Gasteiger partial charge in [-0.1, -0.05) is 12.8 Å². The van der Waals surface area contributed by atoms with Crippen molar-refractivity contribution < 1.29 is 8.42 Å². The Morgan fingerprint density at radius 1 is 1.00 bits per heavy atom. The molecule has 0 bridgehead atoms. The highest BCUT2D eigenvalue weighted by Crippen LogP contribution is 2.08. The molecule has 0 N–H and O–H groups in total. The molecule has 0 radical (unpaired) electrons. The summed E-state index contributed by atoms with van der Waals surface area (Å²) in [6.45, 7) is 4.09. The van der Waals surface area contributed by atoms with Gasteiger partial charge in [0.15, 0.2) is 0 Å². The van der Waals surface area contributed by atoms with Gasteiger partial charge in [0, 0.05) is 32.1 Å². The molecule has 17 heavy (non-hydrogen) atoms. The van der Waals surface area contributed by atoms with Gasteiger partial charge in [0.2, 0.25) is 10.0 Å². The monoisotopic (exact) mass is 282 g/mol. The maximum absolute atomic E-state index is 11.3. The van der Waals surface area contributed by atoms with Crippen LogP contribution in [0, 0.1) is 0 Å². The van der Waals surface area contributed by atoms with E-state index >= 15 is 0 Å². The summed E-state index contributed by atoms with van der Waals surface area (Å²) in [5, 5.41) is 0. The zero-order chi connectivity index (χ0) is 12.7. The normalized spacial score (nSPS) is 19.6. The average Bonchev–Trinajstić information content (AvgIpc) is 2.28. The predicted molar refractivity (Wildman–Crippen MR) is 72.0 cm³/mol. The van der Waals surface area contributed by atoms with E-state index in [9.17, 15) is 8.42 Å². The molecular formula is C11H23ClN2O2S. The molecule has 0 saturated carbocycles. The molecule has 0 aromatic heterocycles. The van der Waals surface area contributed by atoms with E-state index in [1.54, 1.807) is 4.31 Å². The molecular weight excluding hydrogens is 260 g/mol. The van der Waals surface area contributed by atoms with E-state index in [1.807, 2.05) is 0 Å². The molecule has 0 amide bonds. The third kappa shape index (κ3) is 6.04. The molecule has 0 aromatic carbocycles. The second-order valence-corrected chi connectivity index (χ2v) is 6.97. The number of hydrogen-bond donors (Lipinski definition) is 0. The predicted octanol–water partition coefficient (Wildman–Crippen LogP) is 1.36. The van der Waals surface area contributed by atoms with Crippen LogP contribution < -0.4 is 0 Å². The van der Waals surface area contributed by atoms with E-state index in [-0.39, 0.29) is 0 Å². The van der Waals surface area contributed by atoms with E-state index in [0.717, 1.165) is 31.9 Å². The first kappa shape index (κ1) is 15.2. The largest absolute Gasteiger partial charge is 0.301 e. The summed E-state index contributed by atoms with van der Waals surface area (Å²) < 4.78 is 24.2. The summed E-state index contributed by atoms with van der Waals surface area (Å²) in [6, 6.07) is 0. The lowest BCUT2D eigenvalue weighted by Gasteiger charge is -2.33. The molecule has 102 valence electrons. The smallest absolute Gasteiger partial charge is 0.211 e. The fourth-order valence-electron chi connectivity index (χ4n) is 2.07. The Kier molecular flexibility index (Phi) is 6.77. The topological polar surface area (TPSA) is 40.6 Å². The summed E-state index contributed by atoms with van der Waals surface area (Å²) in [5.41, 5.74) is 0. The second-order valence-electron chi connectivity index (χ2n) is 4.61. The van der Waals surface area contributed by atoms with Gasteiger partial charge < -0.3 is 4.90 Å². The molecule has 4 nitrogen and oxygen atoms in total. The molecule has 1 saturated heterocycles. The van der Waals surface area contributed by atoms with E-state index in [0.29, 0.717) is 13.1 Å². The SMILES string of the molecule is CS(=O)(=O)N1CCN(CCCCCCCl)CC1. The summed E-state index contributed by atoms with van der Waals surface area (Å²) in [7, 11) is -2.99. The van der Waals surface area contributed by atoms with E-state index in [1.165, 1.54) is 25.5 Å². The molecule has 1 aliphatic rings. The van der Waals surface area contributed by atoms with Crippen LogP contribution in [0.5, 0.6) is 0 Å². The number of piperazine rings is 1. The van der Waals surface area contributed by atoms with Gasteiger partial charge in [-0.15, -0.1) is 11.6 Å². The zero-order valence-electron chi connectivity index (χ0n) is 10.6. The Morgan fingerprint density at radius 2 is 1.59 bits per heavy atom. The van der Waals surface area contributed by atoms with Crippen LogP contribution >= 0.6 is 11.6 Å². The van der Waals surface area contributed by atoms with Gasteiger partial charge >= 0.3 is 0 Å². The Hall–Kier alpha value is 0.160. The van der Waals surface area contributed by atoms with E-state index < -0.39 is 10.0 Å². The van der Waals surface area contributed by atoms with Crippen LogP contribution in [0.25, 0.3) is 0 Å². The fourth-order valence-corrected chi connectivity index (χ4v) is 3.08. The highest BCUT2D eigenvalue weighted by Gasteiger charge is 2.22. The molecule has 1 heterocycles. The van der Waals surface area contributed by atoms with Crippen LogP contribution in [0.4, 0.5) is 0 Å². The summed E-state index contributed by atoms with van der Waals surface area (Å²) in [5.74, 6) is 0.757. The molecule has 1 aliphatic heterocycles. The standard InChI is InChI=1S/C11H23ClN2O2S/c1-17(15,16)14-10-8-13(9-11-14)7-5-3-2-4-6-12/h2-11H2,1H3. The molecule has 0 spiro atoms. The molecule has 6 heteroatoms. The zero-order valence-corrected chi connectivity index (χ0v) is 12.1. The van der Waals surface area contributed by atoms with Crippen molar-refractivity contribution in [3.05, 3.63) is 0 Å². The van der Waals surface area contributed by atoms with Gasteiger partial charge in [-0.05, 0) is 19.4 Å². The summed E-state index contributed by atoms with van der Waals surface area (Å²) in [4.78, 5) is 2.35. The van der Waals surface area contributed by atoms with Crippen molar-refractivity contribution in [2.45, 2.75) is 25.7 Å². The van der Waals surface area contributed by atoms with Crippen molar-refractivity contribution in [3.8, 4) is 0 Å². The van der Waals surface area contributed by atoms with Gasteiger partial charge in [0.05, 0.1) is 6.26 Å². The van der Waals surface area contributed by atoms with E-state index in [4.69, 9.17) is 11.6 Å². The van der Waals surface area contributed by atoms with Crippen LogP contribution in [0.3, 0.4) is 0 Å². The molecule has 0 atom stereocenters. The molecule has 1 rings (SSSR count). The van der Waals surface area contributed by atoms with Crippen LogP contribution in [-0.4, -0.2) is 62.5 Å². The number of halogens is 1. The van der Waals surface area contributed by atoms with Crippen molar-refractivity contribution in [1.82, 2.24) is 9.21 Å². The highest BCUT2D eigenvalue weighted by molar-refractivity contribution is 7.88. The van der Waals surface area contributed by atoms with Crippen molar-refractivity contribution in [2.75, 3.05) is 44.9 Å². The second kappa shape index (κ2) is 7.56. The van der Waals surface area contributed by atoms with Crippen LogP contribution in [0.1, 0.15) is 25.7 Å². The first-order valence-corrected chi connectivity index (χ1v) is 8.66. The number of hydrogen-bond acceptors (Lipinski definition) is 3. The minimum atomic E-state index is -2.99. The maximum Gasteiger partial charge on any atom is 0.211 e. The number of sulfonamides is 1. The minimum Gasteiger partial charge on any atom is -0.301 e. The first-order chi connectivity index (χ1) is 8.04.